The number of imidazole rings is 1. The van der Waals surface area contributed by atoms with Crippen molar-refractivity contribution in [2.24, 2.45) is 0 Å². The van der Waals surface area contributed by atoms with Crippen LogP contribution in [-0.4, -0.2) is 20.9 Å². The Morgan fingerprint density at radius 1 is 1.20 bits per heavy atom. The van der Waals surface area contributed by atoms with Gasteiger partial charge in [-0.05, 0) is 29.3 Å². The van der Waals surface area contributed by atoms with Crippen LogP contribution in [0.2, 0.25) is 0 Å². The Labute approximate surface area is 143 Å². The predicted octanol–water partition coefficient (Wildman–Crippen LogP) is 3.16. The first-order chi connectivity index (χ1) is 12.1. The average Bonchev–Trinajstić information content (AvgIpc) is 3.12. The Hall–Kier alpha value is -3.09. The summed E-state index contributed by atoms with van der Waals surface area (Å²) in [6.07, 6.45) is 5.27. The molecule has 25 heavy (non-hydrogen) atoms. The summed E-state index contributed by atoms with van der Waals surface area (Å²) in [6.45, 7) is 1.92. The van der Waals surface area contributed by atoms with Crippen LogP contribution in [0.15, 0.2) is 48.9 Å². The fourth-order valence-corrected chi connectivity index (χ4v) is 2.46. The van der Waals surface area contributed by atoms with E-state index < -0.39 is 23.6 Å². The number of halogens is 2. The van der Waals surface area contributed by atoms with Crippen LogP contribution in [0.25, 0.3) is 0 Å². The summed E-state index contributed by atoms with van der Waals surface area (Å²) in [4.78, 5) is 23.6. The molecule has 0 bridgehead atoms. The molecule has 2 heterocycles. The number of aromatic amines is 1. The van der Waals surface area contributed by atoms with E-state index in [1.807, 2.05) is 6.92 Å². The molecular weight excluding hydrogens is 326 g/mol. The first-order valence-electron chi connectivity index (χ1n) is 7.78. The van der Waals surface area contributed by atoms with Crippen molar-refractivity contribution in [1.82, 2.24) is 20.3 Å². The fraction of sp³-hybridized carbons (Fsp3) is 0.167. The van der Waals surface area contributed by atoms with Gasteiger partial charge in [-0.1, -0.05) is 19.1 Å². The van der Waals surface area contributed by atoms with Gasteiger partial charge in [-0.25, -0.2) is 13.8 Å². The summed E-state index contributed by atoms with van der Waals surface area (Å²) in [7, 11) is 0. The molecule has 128 valence electrons. The molecule has 7 heteroatoms. The highest BCUT2D eigenvalue weighted by molar-refractivity contribution is 5.92. The van der Waals surface area contributed by atoms with Crippen LogP contribution in [-0.2, 0) is 6.42 Å². The zero-order valence-electron chi connectivity index (χ0n) is 13.5. The van der Waals surface area contributed by atoms with E-state index in [9.17, 15) is 13.6 Å². The van der Waals surface area contributed by atoms with E-state index in [0.29, 0.717) is 29.1 Å². The summed E-state index contributed by atoms with van der Waals surface area (Å²) in [5, 5.41) is 2.81. The molecule has 1 aromatic carbocycles. The van der Waals surface area contributed by atoms with Gasteiger partial charge in [-0.15, -0.1) is 0 Å². The summed E-state index contributed by atoms with van der Waals surface area (Å²) < 4.78 is 26.9. The van der Waals surface area contributed by atoms with Crippen LogP contribution in [0.5, 0.6) is 0 Å². The fourth-order valence-electron chi connectivity index (χ4n) is 2.46. The number of hydrogen-bond acceptors (Lipinski definition) is 3. The molecule has 0 fully saturated rings. The molecule has 2 N–H and O–H groups in total. The van der Waals surface area contributed by atoms with Crippen LogP contribution in [0.1, 0.15) is 40.4 Å². The first kappa shape index (κ1) is 16.8. The maximum absolute atomic E-state index is 13.6. The second-order valence-electron chi connectivity index (χ2n) is 5.46. The maximum Gasteiger partial charge on any atom is 0.270 e. The SMILES string of the molecule is CCc1ncc(C(=O)NC(c2cccnc2)c2ccc(F)c(F)c2)[nH]1. The van der Waals surface area contributed by atoms with E-state index in [2.05, 4.69) is 20.3 Å². The number of aryl methyl sites for hydroxylation is 1. The Balaban J connectivity index is 1.93. The number of aromatic nitrogens is 3. The van der Waals surface area contributed by atoms with Crippen LogP contribution >= 0.6 is 0 Å². The molecule has 5 nitrogen and oxygen atoms in total. The number of pyridine rings is 1. The topological polar surface area (TPSA) is 70.7 Å². The number of amides is 1. The standard InChI is InChI=1S/C18H16F2N4O/c1-2-16-22-10-15(23-16)18(25)24-17(12-4-3-7-21-9-12)11-5-6-13(19)14(20)8-11/h3-10,17H,2H2,1H3,(H,22,23)(H,24,25). The van der Waals surface area contributed by atoms with Gasteiger partial charge in [0.05, 0.1) is 12.2 Å². The lowest BCUT2D eigenvalue weighted by Gasteiger charge is -2.19. The number of benzene rings is 1. The largest absolute Gasteiger partial charge is 0.340 e. The van der Waals surface area contributed by atoms with Gasteiger partial charge >= 0.3 is 0 Å². The third kappa shape index (κ3) is 3.71. The summed E-state index contributed by atoms with van der Waals surface area (Å²) in [5.41, 5.74) is 1.36. The number of nitrogens with one attached hydrogen (secondary N) is 2. The molecule has 0 spiro atoms. The molecule has 1 unspecified atom stereocenters. The van der Waals surface area contributed by atoms with Gasteiger partial charge in [-0.3, -0.25) is 9.78 Å². The van der Waals surface area contributed by atoms with Gasteiger partial charge in [-0.2, -0.15) is 0 Å². The van der Waals surface area contributed by atoms with Gasteiger partial charge < -0.3 is 10.3 Å². The highest BCUT2D eigenvalue weighted by atomic mass is 19.2. The van der Waals surface area contributed by atoms with Crippen LogP contribution in [0.3, 0.4) is 0 Å². The number of rotatable bonds is 5. The second kappa shape index (κ2) is 7.21. The number of nitrogens with zero attached hydrogens (tertiary/aromatic N) is 2. The zero-order valence-corrected chi connectivity index (χ0v) is 13.5. The van der Waals surface area contributed by atoms with Crippen molar-refractivity contribution in [1.29, 1.82) is 0 Å². The lowest BCUT2D eigenvalue weighted by molar-refractivity contribution is 0.0938. The smallest absolute Gasteiger partial charge is 0.270 e. The number of carbonyl (C=O) groups is 1. The van der Waals surface area contributed by atoms with Gasteiger partial charge in [0.15, 0.2) is 11.6 Å². The molecule has 0 radical (unpaired) electrons. The molecule has 3 aromatic rings. The third-order valence-corrected chi connectivity index (χ3v) is 3.78. The molecule has 0 aliphatic rings. The average molecular weight is 342 g/mol. The summed E-state index contributed by atoms with van der Waals surface area (Å²) in [6, 6.07) is 6.32. The quantitative estimate of drug-likeness (QED) is 0.748. The molecule has 0 saturated carbocycles. The minimum Gasteiger partial charge on any atom is -0.340 e. The van der Waals surface area contributed by atoms with Gasteiger partial charge in [0.2, 0.25) is 0 Å². The highest BCUT2D eigenvalue weighted by Crippen LogP contribution is 2.23. The third-order valence-electron chi connectivity index (χ3n) is 3.78. The van der Waals surface area contributed by atoms with Crippen molar-refractivity contribution in [3.05, 3.63) is 83.2 Å². The van der Waals surface area contributed by atoms with Gasteiger partial charge in [0.1, 0.15) is 11.5 Å². The number of carbonyl (C=O) groups excluding carboxylic acids is 1. The molecule has 0 aliphatic carbocycles. The van der Waals surface area contributed by atoms with Crippen molar-refractivity contribution in [3.63, 3.8) is 0 Å². The predicted molar refractivity (Wildman–Crippen MR) is 87.9 cm³/mol. The first-order valence-corrected chi connectivity index (χ1v) is 7.78. The molecule has 3 rings (SSSR count). The van der Waals surface area contributed by atoms with E-state index >= 15 is 0 Å². The van der Waals surface area contributed by atoms with Crippen LogP contribution in [0.4, 0.5) is 8.78 Å². The van der Waals surface area contributed by atoms with Crippen molar-refractivity contribution in [3.8, 4) is 0 Å². The van der Waals surface area contributed by atoms with Crippen molar-refractivity contribution in [2.75, 3.05) is 0 Å². The second-order valence-corrected chi connectivity index (χ2v) is 5.46. The number of H-pyrrole nitrogens is 1. The van der Waals surface area contributed by atoms with Crippen LogP contribution in [0, 0.1) is 11.6 Å². The molecule has 0 saturated heterocycles. The minimum absolute atomic E-state index is 0.299. The normalized spacial score (nSPS) is 12.0. The summed E-state index contributed by atoms with van der Waals surface area (Å²) >= 11 is 0. The van der Waals surface area contributed by atoms with Crippen molar-refractivity contribution < 1.29 is 13.6 Å². The Morgan fingerprint density at radius 3 is 2.68 bits per heavy atom. The Bertz CT molecular complexity index is 880. The maximum atomic E-state index is 13.6. The Morgan fingerprint density at radius 2 is 2.04 bits per heavy atom. The van der Waals surface area contributed by atoms with Crippen LogP contribution < -0.4 is 5.32 Å². The van der Waals surface area contributed by atoms with Gasteiger partial charge in [0.25, 0.3) is 5.91 Å². The van der Waals surface area contributed by atoms with Crippen molar-refractivity contribution in [2.45, 2.75) is 19.4 Å². The van der Waals surface area contributed by atoms with E-state index in [-0.39, 0.29) is 0 Å². The summed E-state index contributed by atoms with van der Waals surface area (Å²) in [5.74, 6) is -1.63. The molecular formula is C18H16F2N4O. The highest BCUT2D eigenvalue weighted by Gasteiger charge is 2.20. The zero-order chi connectivity index (χ0) is 17.8. The van der Waals surface area contributed by atoms with Crippen molar-refractivity contribution >= 4 is 5.91 Å². The molecule has 1 amide bonds. The van der Waals surface area contributed by atoms with E-state index in [4.69, 9.17) is 0 Å². The molecule has 1 atom stereocenters. The Kier molecular flexibility index (Phi) is 4.83. The molecule has 2 aromatic heterocycles. The lowest BCUT2D eigenvalue weighted by Crippen LogP contribution is -2.29. The molecule has 0 aliphatic heterocycles. The monoisotopic (exact) mass is 342 g/mol. The minimum atomic E-state index is -0.976. The van der Waals surface area contributed by atoms with E-state index in [0.717, 1.165) is 12.1 Å². The lowest BCUT2D eigenvalue weighted by atomic mass is 9.99. The van der Waals surface area contributed by atoms with E-state index in [1.54, 1.807) is 24.5 Å². The van der Waals surface area contributed by atoms with Gasteiger partial charge in [0, 0.05) is 18.8 Å². The van der Waals surface area contributed by atoms with E-state index in [1.165, 1.54) is 12.3 Å². The number of hydrogen-bond donors (Lipinski definition) is 2.